The van der Waals surface area contributed by atoms with Crippen LogP contribution in [0.2, 0.25) is 0 Å². The molecule has 2 heterocycles. The minimum Gasteiger partial charge on any atom is -0.312 e. The second-order valence-corrected chi connectivity index (χ2v) is 13.7. The predicted octanol–water partition coefficient (Wildman–Crippen LogP) is 4.17. The van der Waals surface area contributed by atoms with Crippen LogP contribution in [0.15, 0.2) is 28.6 Å². The van der Waals surface area contributed by atoms with Gasteiger partial charge in [0.25, 0.3) is 5.91 Å². The second kappa shape index (κ2) is 12.5. The summed E-state index contributed by atoms with van der Waals surface area (Å²) >= 11 is 0. The summed E-state index contributed by atoms with van der Waals surface area (Å²) in [4.78, 5) is 17.5. The summed E-state index contributed by atoms with van der Waals surface area (Å²) in [5, 5.41) is 4.10. The van der Waals surface area contributed by atoms with Gasteiger partial charge in [-0.25, -0.2) is 16.8 Å². The average Bonchev–Trinajstić information content (AvgIpc) is 3.11. The first-order valence-electron chi connectivity index (χ1n) is 13.1. The van der Waals surface area contributed by atoms with E-state index in [9.17, 15) is 21.6 Å². The van der Waals surface area contributed by atoms with Crippen LogP contribution in [0, 0.1) is 6.92 Å². The lowest BCUT2D eigenvalue weighted by molar-refractivity contribution is -0.124. The van der Waals surface area contributed by atoms with E-state index in [0.29, 0.717) is 24.1 Å². The fraction of sp³-hybridized carbons (Fsp3) is 0.615. The number of benzene rings is 1. The van der Waals surface area contributed by atoms with Crippen LogP contribution in [0.25, 0.3) is 6.08 Å². The number of rotatable bonds is 13. The maximum Gasteiger partial charge on any atom is 0.253 e. The molecule has 0 saturated carbocycles. The van der Waals surface area contributed by atoms with Gasteiger partial charge in [0.2, 0.25) is 20.0 Å². The lowest BCUT2D eigenvalue weighted by Gasteiger charge is -2.34. The highest BCUT2D eigenvalue weighted by Crippen LogP contribution is 2.32. The Hall–Kier alpha value is -2.24. The number of aryl methyl sites for hydroxylation is 1. The Morgan fingerprint density at radius 3 is 2.32 bits per heavy atom. The Morgan fingerprint density at radius 2 is 1.70 bits per heavy atom. The Bertz CT molecular complexity index is 1230. The van der Waals surface area contributed by atoms with E-state index in [1.807, 2.05) is 0 Å². The number of nitrogens with zero attached hydrogens (tertiary/aromatic N) is 2. The number of piperidine rings is 1. The molecule has 206 valence electrons. The highest BCUT2D eigenvalue weighted by molar-refractivity contribution is 7.92. The zero-order valence-corrected chi connectivity index (χ0v) is 23.8. The van der Waals surface area contributed by atoms with Gasteiger partial charge in [0.05, 0.1) is 6.26 Å². The van der Waals surface area contributed by atoms with E-state index in [1.54, 1.807) is 25.1 Å². The molecule has 37 heavy (non-hydrogen) atoms. The van der Waals surface area contributed by atoms with Crippen LogP contribution in [0.3, 0.4) is 0 Å². The molecule has 1 aromatic carbocycles. The minimum atomic E-state index is -3.68. The first-order valence-corrected chi connectivity index (χ1v) is 16.5. The lowest BCUT2D eigenvalue weighted by Crippen LogP contribution is -2.50. The molecular weight excluding hydrogens is 512 g/mol. The van der Waals surface area contributed by atoms with E-state index >= 15 is 0 Å². The summed E-state index contributed by atoms with van der Waals surface area (Å²) in [5.41, 5.74) is 0.975. The molecule has 2 N–H and O–H groups in total. The number of unbranched alkanes of at least 4 members (excludes halogenated alkanes) is 6. The fourth-order valence-electron chi connectivity index (χ4n) is 4.79. The van der Waals surface area contributed by atoms with E-state index in [2.05, 4.69) is 17.0 Å². The van der Waals surface area contributed by atoms with Crippen LogP contribution < -0.4 is 10.0 Å². The molecule has 1 amide bonds. The van der Waals surface area contributed by atoms with Crippen LogP contribution in [-0.4, -0.2) is 57.8 Å². The van der Waals surface area contributed by atoms with Crippen molar-refractivity contribution in [1.82, 2.24) is 9.62 Å². The maximum absolute atomic E-state index is 13.0. The molecule has 9 nitrogen and oxygen atoms in total. The molecule has 1 fully saturated rings. The zero-order valence-electron chi connectivity index (χ0n) is 22.1. The average molecular weight is 553 g/mol. The molecule has 0 aromatic heterocycles. The number of amidine groups is 1. The van der Waals surface area contributed by atoms with Gasteiger partial charge in [-0.1, -0.05) is 51.5 Å². The van der Waals surface area contributed by atoms with Crippen molar-refractivity contribution >= 4 is 43.6 Å². The van der Waals surface area contributed by atoms with Gasteiger partial charge in [0.1, 0.15) is 11.4 Å². The summed E-state index contributed by atoms with van der Waals surface area (Å²) < 4.78 is 52.5. The molecule has 0 aliphatic carbocycles. The van der Waals surface area contributed by atoms with Gasteiger partial charge in [0.15, 0.2) is 0 Å². The second-order valence-electron chi connectivity index (χ2n) is 10.1. The Morgan fingerprint density at radius 1 is 1.05 bits per heavy atom. The fourth-order valence-corrected chi connectivity index (χ4v) is 6.52. The molecular formula is C26H40N4O5S2. The molecule has 0 radical (unpaired) electrons. The van der Waals surface area contributed by atoms with E-state index in [1.165, 1.54) is 47.9 Å². The third-order valence-corrected chi connectivity index (χ3v) is 9.12. The molecule has 2 aliphatic rings. The van der Waals surface area contributed by atoms with Gasteiger partial charge >= 0.3 is 0 Å². The summed E-state index contributed by atoms with van der Waals surface area (Å²) in [7, 11) is -7.07. The van der Waals surface area contributed by atoms with Crippen LogP contribution in [0.5, 0.6) is 0 Å². The molecule has 1 aromatic rings. The Balaban J connectivity index is 1.54. The van der Waals surface area contributed by atoms with E-state index < -0.39 is 25.6 Å². The van der Waals surface area contributed by atoms with Gasteiger partial charge in [-0.05, 0) is 55.5 Å². The first-order chi connectivity index (χ1) is 17.4. The van der Waals surface area contributed by atoms with Crippen molar-refractivity contribution < 1.29 is 21.6 Å². The van der Waals surface area contributed by atoms with Crippen molar-refractivity contribution in [1.29, 1.82) is 0 Å². The number of carbonyl (C=O) groups excluding carboxylic acids is 1. The SMILES string of the molecule is CCCCCCCCCC1=NC2(CCN(S(=O)(=O)/C=C/c3ccc(NS(C)(=O)=O)cc3C)CC2)C(=O)N1. The monoisotopic (exact) mass is 552 g/mol. The summed E-state index contributed by atoms with van der Waals surface area (Å²) in [6.07, 6.45) is 12.4. The normalized spacial score (nSPS) is 18.4. The molecule has 0 bridgehead atoms. The number of amides is 1. The molecule has 11 heteroatoms. The summed E-state index contributed by atoms with van der Waals surface area (Å²) in [5.74, 6) is 0.621. The van der Waals surface area contributed by atoms with E-state index in [-0.39, 0.29) is 19.0 Å². The number of hydrogen-bond acceptors (Lipinski definition) is 6. The topological polar surface area (TPSA) is 125 Å². The number of hydrogen-bond donors (Lipinski definition) is 2. The minimum absolute atomic E-state index is 0.114. The third-order valence-electron chi connectivity index (χ3n) is 6.95. The van der Waals surface area contributed by atoms with E-state index in [4.69, 9.17) is 4.99 Å². The van der Waals surface area contributed by atoms with Crippen LogP contribution >= 0.6 is 0 Å². The summed E-state index contributed by atoms with van der Waals surface area (Å²) in [6, 6.07) is 4.91. The van der Waals surface area contributed by atoms with Crippen molar-refractivity contribution in [2.45, 2.75) is 83.6 Å². The van der Waals surface area contributed by atoms with Gasteiger partial charge in [0, 0.05) is 30.6 Å². The maximum atomic E-state index is 13.0. The smallest absolute Gasteiger partial charge is 0.253 e. The van der Waals surface area contributed by atoms with Crippen LogP contribution in [0.4, 0.5) is 5.69 Å². The number of anilines is 1. The number of carbonyl (C=O) groups is 1. The molecule has 2 aliphatic heterocycles. The highest BCUT2D eigenvalue weighted by atomic mass is 32.2. The van der Waals surface area contributed by atoms with Gasteiger partial charge in [-0.3, -0.25) is 14.5 Å². The summed E-state index contributed by atoms with van der Waals surface area (Å²) in [6.45, 7) is 4.44. The Kier molecular flexibility index (Phi) is 9.93. The third kappa shape index (κ3) is 8.38. The number of sulfonamides is 2. The molecule has 0 atom stereocenters. The highest BCUT2D eigenvalue weighted by Gasteiger charge is 2.46. The molecule has 3 rings (SSSR count). The molecule has 1 saturated heterocycles. The quantitative estimate of drug-likeness (QED) is 0.355. The van der Waals surface area contributed by atoms with Crippen LogP contribution in [0.1, 0.15) is 82.3 Å². The van der Waals surface area contributed by atoms with Crippen molar-refractivity contribution in [3.8, 4) is 0 Å². The first kappa shape index (κ1) is 29.3. The van der Waals surface area contributed by atoms with E-state index in [0.717, 1.165) is 36.9 Å². The van der Waals surface area contributed by atoms with Crippen molar-refractivity contribution in [3.63, 3.8) is 0 Å². The largest absolute Gasteiger partial charge is 0.312 e. The van der Waals surface area contributed by atoms with Gasteiger partial charge in [-0.15, -0.1) is 0 Å². The number of aliphatic imine (C=N–C) groups is 1. The predicted molar refractivity (Wildman–Crippen MR) is 149 cm³/mol. The van der Waals surface area contributed by atoms with Crippen molar-refractivity contribution in [2.24, 2.45) is 4.99 Å². The van der Waals surface area contributed by atoms with Gasteiger partial charge in [-0.2, -0.15) is 4.31 Å². The number of nitrogens with one attached hydrogen (secondary N) is 2. The van der Waals surface area contributed by atoms with Crippen molar-refractivity contribution in [2.75, 3.05) is 24.1 Å². The molecule has 1 spiro atoms. The standard InChI is InChI=1S/C26H40N4O5S2/c1-4-5-6-7-8-9-10-11-24-27-25(31)26(28-24)15-17-30(18-16-26)37(34,35)19-14-22-12-13-23(20-21(22)2)29-36(3,32)33/h12-14,19-20,29H,4-11,15-18H2,1-3H3,(H,27,28,31)/b19-14+. The zero-order chi connectivity index (χ0) is 27.1. The molecule has 0 unspecified atom stereocenters. The van der Waals surface area contributed by atoms with Crippen LogP contribution in [-0.2, 0) is 24.8 Å². The van der Waals surface area contributed by atoms with Crippen molar-refractivity contribution in [3.05, 3.63) is 34.7 Å². The Labute approximate surface area is 221 Å². The van der Waals surface area contributed by atoms with Gasteiger partial charge < -0.3 is 5.32 Å². The lowest BCUT2D eigenvalue weighted by atomic mass is 9.89.